The van der Waals surface area contributed by atoms with Gasteiger partial charge in [0, 0.05) is 31.6 Å². The average Bonchev–Trinajstić information content (AvgIpc) is 2.78. The Morgan fingerprint density at radius 1 is 1.03 bits per heavy atom. The van der Waals surface area contributed by atoms with Crippen molar-refractivity contribution in [2.45, 2.75) is 45.6 Å². The number of hydrogen-bond donors (Lipinski definition) is 1. The summed E-state index contributed by atoms with van der Waals surface area (Å²) in [6, 6.07) is 16.0. The third kappa shape index (κ3) is 6.99. The van der Waals surface area contributed by atoms with Crippen LogP contribution in [0.1, 0.15) is 42.4 Å². The normalized spacial score (nSPS) is 14.6. The van der Waals surface area contributed by atoms with Crippen LogP contribution in [-0.2, 0) is 9.59 Å². The van der Waals surface area contributed by atoms with E-state index in [2.05, 4.69) is 5.32 Å². The van der Waals surface area contributed by atoms with Gasteiger partial charge >= 0.3 is 0 Å². The lowest BCUT2D eigenvalue weighted by molar-refractivity contribution is -0.132. The molecule has 0 spiro atoms. The van der Waals surface area contributed by atoms with Crippen LogP contribution in [0, 0.1) is 13.8 Å². The molecule has 0 aromatic heterocycles. The summed E-state index contributed by atoms with van der Waals surface area (Å²) in [4.78, 5) is 26.6. The molecular formula is C26H32N2O3. The van der Waals surface area contributed by atoms with Crippen molar-refractivity contribution in [3.05, 3.63) is 71.3 Å². The monoisotopic (exact) mass is 420 g/mol. The first-order chi connectivity index (χ1) is 15.0. The van der Waals surface area contributed by atoms with E-state index in [1.165, 1.54) is 0 Å². The topological polar surface area (TPSA) is 58.6 Å². The first-order valence-corrected chi connectivity index (χ1v) is 11.0. The van der Waals surface area contributed by atoms with Crippen LogP contribution in [0.2, 0.25) is 0 Å². The maximum Gasteiger partial charge on any atom is 0.244 e. The summed E-state index contributed by atoms with van der Waals surface area (Å²) in [6.07, 6.45) is 6.15. The number of benzene rings is 2. The fourth-order valence-corrected chi connectivity index (χ4v) is 3.84. The van der Waals surface area contributed by atoms with Gasteiger partial charge in [0.05, 0.1) is 6.61 Å². The van der Waals surface area contributed by atoms with Gasteiger partial charge in [-0.2, -0.15) is 0 Å². The Morgan fingerprint density at radius 2 is 1.71 bits per heavy atom. The van der Waals surface area contributed by atoms with Crippen LogP contribution < -0.4 is 10.1 Å². The quantitative estimate of drug-likeness (QED) is 0.512. The van der Waals surface area contributed by atoms with E-state index in [0.717, 1.165) is 35.3 Å². The van der Waals surface area contributed by atoms with E-state index in [1.54, 1.807) is 6.08 Å². The molecule has 0 radical (unpaired) electrons. The van der Waals surface area contributed by atoms with Crippen molar-refractivity contribution in [3.8, 4) is 5.75 Å². The van der Waals surface area contributed by atoms with E-state index in [9.17, 15) is 9.59 Å². The molecule has 164 valence electrons. The van der Waals surface area contributed by atoms with Gasteiger partial charge in [-0.25, -0.2) is 0 Å². The average molecular weight is 421 g/mol. The van der Waals surface area contributed by atoms with Crippen molar-refractivity contribution >= 4 is 17.9 Å². The third-order valence-electron chi connectivity index (χ3n) is 5.61. The number of carbonyl (C=O) groups is 2. The number of nitrogens with one attached hydrogen (secondary N) is 1. The zero-order chi connectivity index (χ0) is 22.1. The second kappa shape index (κ2) is 11.3. The Bertz CT molecular complexity index is 880. The van der Waals surface area contributed by atoms with E-state index in [0.29, 0.717) is 32.5 Å². The summed E-state index contributed by atoms with van der Waals surface area (Å²) >= 11 is 0. The Morgan fingerprint density at radius 3 is 2.39 bits per heavy atom. The highest BCUT2D eigenvalue weighted by atomic mass is 16.5. The molecule has 2 aromatic carbocycles. The number of rotatable bonds is 8. The number of carbonyl (C=O) groups excluding carboxylic acids is 2. The molecule has 1 aliphatic rings. The second-order valence-corrected chi connectivity index (χ2v) is 8.08. The molecule has 1 N–H and O–H groups in total. The van der Waals surface area contributed by atoms with Gasteiger partial charge in [-0.15, -0.1) is 0 Å². The minimum atomic E-state index is -0.0859. The van der Waals surface area contributed by atoms with Crippen LogP contribution in [0.4, 0.5) is 0 Å². The highest BCUT2D eigenvalue weighted by molar-refractivity contribution is 5.91. The van der Waals surface area contributed by atoms with Crippen LogP contribution >= 0.6 is 0 Å². The minimum absolute atomic E-state index is 0.0859. The van der Waals surface area contributed by atoms with Crippen LogP contribution in [0.3, 0.4) is 0 Å². The molecule has 0 bridgehead atoms. The van der Waals surface area contributed by atoms with Crippen LogP contribution in [-0.4, -0.2) is 42.5 Å². The molecule has 2 aromatic rings. The smallest absolute Gasteiger partial charge is 0.244 e. The van der Waals surface area contributed by atoms with Crippen molar-refractivity contribution < 1.29 is 14.3 Å². The zero-order valence-electron chi connectivity index (χ0n) is 18.5. The molecule has 0 aliphatic carbocycles. The first kappa shape index (κ1) is 22.6. The van der Waals surface area contributed by atoms with Crippen LogP contribution in [0.5, 0.6) is 5.75 Å². The number of nitrogens with zero attached hydrogens (tertiary/aromatic N) is 1. The van der Waals surface area contributed by atoms with Gasteiger partial charge in [0.1, 0.15) is 5.75 Å². The van der Waals surface area contributed by atoms with Gasteiger partial charge in [-0.05, 0) is 55.9 Å². The molecule has 5 heteroatoms. The SMILES string of the molecule is Cc1cccc(C)c1OCCCC(=O)N1CCC(NC(=O)/C=C/c2ccccc2)CC1. The number of hydrogen-bond acceptors (Lipinski definition) is 3. The lowest BCUT2D eigenvalue weighted by Gasteiger charge is -2.32. The van der Waals surface area contributed by atoms with E-state index >= 15 is 0 Å². The zero-order valence-corrected chi connectivity index (χ0v) is 18.5. The summed E-state index contributed by atoms with van der Waals surface area (Å²) in [5.41, 5.74) is 3.24. The van der Waals surface area contributed by atoms with E-state index in [1.807, 2.05) is 73.4 Å². The van der Waals surface area contributed by atoms with Gasteiger partial charge in [-0.3, -0.25) is 9.59 Å². The Kier molecular flexibility index (Phi) is 8.27. The largest absolute Gasteiger partial charge is 0.493 e. The van der Waals surface area contributed by atoms with Gasteiger partial charge in [0.25, 0.3) is 0 Å². The Hall–Kier alpha value is -3.08. The number of likely N-dealkylation sites (tertiary alicyclic amines) is 1. The Labute approximate surface area is 185 Å². The number of ether oxygens (including phenoxy) is 1. The molecule has 3 rings (SSSR count). The lowest BCUT2D eigenvalue weighted by atomic mass is 10.0. The molecule has 2 amide bonds. The summed E-state index contributed by atoms with van der Waals surface area (Å²) in [7, 11) is 0. The number of aryl methyl sites for hydroxylation is 2. The van der Waals surface area contributed by atoms with Gasteiger partial charge in [0.15, 0.2) is 0 Å². The molecule has 31 heavy (non-hydrogen) atoms. The summed E-state index contributed by atoms with van der Waals surface area (Å²) < 4.78 is 5.90. The molecule has 1 aliphatic heterocycles. The molecular weight excluding hydrogens is 388 g/mol. The highest BCUT2D eigenvalue weighted by Crippen LogP contribution is 2.22. The summed E-state index contributed by atoms with van der Waals surface area (Å²) in [6.45, 7) is 5.98. The number of amides is 2. The maximum absolute atomic E-state index is 12.5. The molecule has 1 heterocycles. The molecule has 1 saturated heterocycles. The van der Waals surface area contributed by atoms with Crippen molar-refractivity contribution in [1.29, 1.82) is 0 Å². The summed E-state index contributed by atoms with van der Waals surface area (Å²) in [5.74, 6) is 1.00. The highest BCUT2D eigenvalue weighted by Gasteiger charge is 2.23. The van der Waals surface area contributed by atoms with Gasteiger partial charge < -0.3 is 15.0 Å². The fraction of sp³-hybridized carbons (Fsp3) is 0.385. The standard InChI is InChI=1S/C26H32N2O3/c1-20-8-6-9-21(2)26(20)31-19-7-12-25(30)28-17-15-23(16-18-28)27-24(29)14-13-22-10-4-3-5-11-22/h3-6,8-11,13-14,23H,7,12,15-19H2,1-2H3,(H,27,29)/b14-13+. The van der Waals surface area contributed by atoms with Crippen LogP contribution in [0.15, 0.2) is 54.6 Å². The number of piperidine rings is 1. The predicted octanol–water partition coefficient (Wildman–Crippen LogP) is 4.28. The minimum Gasteiger partial charge on any atom is -0.493 e. The fourth-order valence-electron chi connectivity index (χ4n) is 3.84. The van der Waals surface area contributed by atoms with E-state index in [-0.39, 0.29) is 17.9 Å². The van der Waals surface area contributed by atoms with Crippen LogP contribution in [0.25, 0.3) is 6.08 Å². The molecule has 0 unspecified atom stereocenters. The van der Waals surface area contributed by atoms with E-state index in [4.69, 9.17) is 4.74 Å². The first-order valence-electron chi connectivity index (χ1n) is 11.0. The predicted molar refractivity (Wildman–Crippen MR) is 124 cm³/mol. The van der Waals surface area contributed by atoms with Crippen molar-refractivity contribution in [2.24, 2.45) is 0 Å². The van der Waals surface area contributed by atoms with E-state index < -0.39 is 0 Å². The Balaban J connectivity index is 1.34. The van der Waals surface area contributed by atoms with Crippen molar-refractivity contribution in [1.82, 2.24) is 10.2 Å². The molecule has 0 atom stereocenters. The van der Waals surface area contributed by atoms with Crippen molar-refractivity contribution in [3.63, 3.8) is 0 Å². The second-order valence-electron chi connectivity index (χ2n) is 8.08. The summed E-state index contributed by atoms with van der Waals surface area (Å²) in [5, 5.41) is 3.05. The van der Waals surface area contributed by atoms with Crippen molar-refractivity contribution in [2.75, 3.05) is 19.7 Å². The molecule has 0 saturated carbocycles. The lowest BCUT2D eigenvalue weighted by Crippen LogP contribution is -2.46. The number of para-hydroxylation sites is 1. The molecule has 1 fully saturated rings. The maximum atomic E-state index is 12.5. The molecule has 5 nitrogen and oxygen atoms in total. The van der Waals surface area contributed by atoms with Gasteiger partial charge in [-0.1, -0.05) is 48.5 Å². The third-order valence-corrected chi connectivity index (χ3v) is 5.61. The van der Waals surface area contributed by atoms with Gasteiger partial charge in [0.2, 0.25) is 11.8 Å².